The summed E-state index contributed by atoms with van der Waals surface area (Å²) in [6.45, 7) is 12.3. The normalized spacial score (nSPS) is 23.5. The second-order valence-corrected chi connectivity index (χ2v) is 13.9. The maximum atomic E-state index is 13.8. The van der Waals surface area contributed by atoms with Gasteiger partial charge in [-0.15, -0.1) is 21.5 Å². The molecule has 1 unspecified atom stereocenters. The minimum Gasteiger partial charge on any atom is -0.465 e. The van der Waals surface area contributed by atoms with Crippen LogP contribution in [0.5, 0.6) is 0 Å². The van der Waals surface area contributed by atoms with Crippen LogP contribution >= 0.6 is 22.9 Å². The molecule has 2 aromatic heterocycles. The maximum absolute atomic E-state index is 13.8. The average Bonchev–Trinajstić information content (AvgIpc) is 3.47. The van der Waals surface area contributed by atoms with E-state index >= 15 is 0 Å². The number of fused-ring (bicyclic) bond motifs is 4. The molecule has 3 saturated heterocycles. The van der Waals surface area contributed by atoms with Crippen LogP contribution in [-0.2, 0) is 14.3 Å². The van der Waals surface area contributed by atoms with E-state index in [1.165, 1.54) is 10.4 Å². The first-order valence-corrected chi connectivity index (χ1v) is 16.7. The number of likely N-dealkylation sites (tertiary alicyclic amines) is 3. The third-order valence-electron chi connectivity index (χ3n) is 9.78. The van der Waals surface area contributed by atoms with Crippen LogP contribution in [0.2, 0.25) is 5.02 Å². The van der Waals surface area contributed by atoms with Crippen molar-refractivity contribution in [1.82, 2.24) is 29.5 Å². The van der Waals surface area contributed by atoms with E-state index in [-0.39, 0.29) is 24.3 Å². The minimum absolute atomic E-state index is 0.115. The summed E-state index contributed by atoms with van der Waals surface area (Å²) in [5, 5.41) is 10.7. The van der Waals surface area contributed by atoms with Crippen LogP contribution in [0.25, 0.3) is 5.00 Å². The van der Waals surface area contributed by atoms with Gasteiger partial charge in [-0.05, 0) is 58.2 Å². The number of ether oxygens (including phenoxy) is 1. The molecule has 0 bridgehead atoms. The molecular weight excluding hydrogens is 598 g/mol. The predicted molar refractivity (Wildman–Crippen MR) is 170 cm³/mol. The average molecular weight is 636 g/mol. The highest BCUT2D eigenvalue weighted by Gasteiger charge is 2.55. The number of thiophene rings is 1. The lowest BCUT2D eigenvalue weighted by Crippen LogP contribution is -2.81. The lowest BCUT2D eigenvalue weighted by molar-refractivity contribution is -0.175. The molecule has 3 aromatic rings. The molecule has 3 atom stereocenters. The van der Waals surface area contributed by atoms with Gasteiger partial charge in [0.25, 0.3) is 0 Å². The van der Waals surface area contributed by atoms with Crippen LogP contribution in [0.4, 0.5) is 0 Å². The molecule has 3 fully saturated rings. The van der Waals surface area contributed by atoms with E-state index in [4.69, 9.17) is 21.3 Å². The fourth-order valence-corrected chi connectivity index (χ4v) is 8.55. The van der Waals surface area contributed by atoms with Crippen molar-refractivity contribution >= 4 is 40.5 Å². The molecule has 0 saturated carbocycles. The number of esters is 1. The fourth-order valence-electron chi connectivity index (χ4n) is 7.21. The Balaban J connectivity index is 1.06. The Hall–Kier alpha value is -3.12. The number of nitrogens with zero attached hydrogens (tertiary/aromatic N) is 7. The molecule has 12 heteroatoms. The molecule has 0 spiro atoms. The first-order valence-electron chi connectivity index (χ1n) is 15.5. The van der Waals surface area contributed by atoms with Gasteiger partial charge >= 0.3 is 5.97 Å². The molecule has 7 rings (SSSR count). The van der Waals surface area contributed by atoms with Crippen molar-refractivity contribution in [1.29, 1.82) is 0 Å². The summed E-state index contributed by atoms with van der Waals surface area (Å²) in [4.78, 5) is 39.0. The lowest BCUT2D eigenvalue weighted by atomic mass is 9.81. The Morgan fingerprint density at radius 3 is 2.48 bits per heavy atom. The van der Waals surface area contributed by atoms with Crippen molar-refractivity contribution in [2.75, 3.05) is 39.3 Å². The van der Waals surface area contributed by atoms with Crippen molar-refractivity contribution in [2.24, 2.45) is 4.99 Å². The van der Waals surface area contributed by atoms with Crippen molar-refractivity contribution in [3.63, 3.8) is 0 Å². The largest absolute Gasteiger partial charge is 0.465 e. The number of hydrogen-bond acceptors (Lipinski definition) is 9. The summed E-state index contributed by atoms with van der Waals surface area (Å²) in [6, 6.07) is 8.51. The topological polar surface area (TPSA) is 96.2 Å². The summed E-state index contributed by atoms with van der Waals surface area (Å²) in [5.41, 5.74) is 4.08. The third kappa shape index (κ3) is 5.07. The van der Waals surface area contributed by atoms with Crippen LogP contribution in [0.1, 0.15) is 65.4 Å². The number of aliphatic imine (C=N–C) groups is 1. The number of halogens is 1. The molecule has 4 aliphatic rings. The molecule has 44 heavy (non-hydrogen) atoms. The van der Waals surface area contributed by atoms with Crippen molar-refractivity contribution in [3.05, 3.63) is 62.5 Å². The number of piperidine rings is 1. The fraction of sp³-hybridized carbons (Fsp3) is 0.531. The van der Waals surface area contributed by atoms with Crippen molar-refractivity contribution < 1.29 is 14.3 Å². The van der Waals surface area contributed by atoms with Crippen LogP contribution in [0.3, 0.4) is 0 Å². The minimum atomic E-state index is -0.451. The second kappa shape index (κ2) is 11.7. The SMILES string of the molecule is CCOC(=O)CN1CCC(N2CC3[C@H]2CN3C(=O)C[C@@H]2N=C(c3ccc(Cl)cc3)c3c(sc(C)c3C)-n3c(C)nnc32)CC1. The number of carbonyl (C=O) groups excluding carboxylic acids is 2. The Morgan fingerprint density at radius 1 is 1.05 bits per heavy atom. The van der Waals surface area contributed by atoms with Crippen LogP contribution < -0.4 is 0 Å². The summed E-state index contributed by atoms with van der Waals surface area (Å²) >= 11 is 7.96. The van der Waals surface area contributed by atoms with E-state index in [0.717, 1.165) is 66.7 Å². The monoisotopic (exact) mass is 635 g/mol. The number of piperazine rings is 1. The van der Waals surface area contributed by atoms with E-state index < -0.39 is 6.04 Å². The highest BCUT2D eigenvalue weighted by Crippen LogP contribution is 2.42. The first kappa shape index (κ1) is 29.6. The van der Waals surface area contributed by atoms with Gasteiger partial charge in [-0.3, -0.25) is 28.9 Å². The Morgan fingerprint density at radius 2 is 1.80 bits per heavy atom. The molecule has 1 aromatic carbocycles. The van der Waals surface area contributed by atoms with Gasteiger partial charge in [0.15, 0.2) is 5.82 Å². The standard InChI is InChI=1S/C32H38ClN7O3S/c1-5-43-28(42)17-37-12-10-23(11-13-37)38-15-26-25(38)16-39(26)27(41)14-24-31-36-35-20(4)40(31)32-29(18(2)19(3)44-32)30(34-24)21-6-8-22(33)9-7-21/h6-9,23-26H,5,10-17H2,1-4H3/t24-,25+,26?/m0/s1. The van der Waals surface area contributed by atoms with Gasteiger partial charge in [-0.1, -0.05) is 23.7 Å². The zero-order valence-corrected chi connectivity index (χ0v) is 27.2. The number of amides is 1. The number of hydrogen-bond donors (Lipinski definition) is 0. The van der Waals surface area contributed by atoms with Crippen LogP contribution in [0, 0.1) is 20.8 Å². The number of benzene rings is 1. The molecule has 6 heterocycles. The predicted octanol–water partition coefficient (Wildman–Crippen LogP) is 4.11. The number of aryl methyl sites for hydroxylation is 2. The highest BCUT2D eigenvalue weighted by atomic mass is 35.5. The number of aromatic nitrogens is 3. The first-order chi connectivity index (χ1) is 21.2. The Kier molecular flexibility index (Phi) is 7.84. The summed E-state index contributed by atoms with van der Waals surface area (Å²) in [7, 11) is 0. The molecule has 0 aliphatic carbocycles. The second-order valence-electron chi connectivity index (χ2n) is 12.3. The van der Waals surface area contributed by atoms with Gasteiger partial charge < -0.3 is 9.64 Å². The third-order valence-corrected chi connectivity index (χ3v) is 11.2. The quantitative estimate of drug-likeness (QED) is 0.361. The molecule has 232 valence electrons. The zero-order valence-electron chi connectivity index (χ0n) is 25.6. The molecule has 10 nitrogen and oxygen atoms in total. The smallest absolute Gasteiger partial charge is 0.320 e. The van der Waals surface area contributed by atoms with E-state index in [1.807, 2.05) is 43.0 Å². The van der Waals surface area contributed by atoms with Crippen molar-refractivity contribution in [3.8, 4) is 5.00 Å². The number of carbonyl (C=O) groups is 2. The van der Waals surface area contributed by atoms with Gasteiger partial charge in [-0.2, -0.15) is 0 Å². The summed E-state index contributed by atoms with van der Waals surface area (Å²) < 4.78 is 7.21. The van der Waals surface area contributed by atoms with Gasteiger partial charge in [0.05, 0.1) is 31.3 Å². The van der Waals surface area contributed by atoms with Gasteiger partial charge in [0, 0.05) is 59.3 Å². The zero-order chi connectivity index (χ0) is 30.7. The highest BCUT2D eigenvalue weighted by molar-refractivity contribution is 7.15. The summed E-state index contributed by atoms with van der Waals surface area (Å²) in [5.74, 6) is 1.48. The number of rotatable bonds is 7. The van der Waals surface area contributed by atoms with Crippen LogP contribution in [0.15, 0.2) is 29.3 Å². The molecule has 0 radical (unpaired) electrons. The summed E-state index contributed by atoms with van der Waals surface area (Å²) in [6.07, 6.45) is 2.33. The lowest BCUT2D eigenvalue weighted by Gasteiger charge is -2.64. The van der Waals surface area contributed by atoms with Crippen LogP contribution in [-0.4, -0.2) is 105 Å². The van der Waals surface area contributed by atoms with E-state index in [0.29, 0.717) is 36.1 Å². The van der Waals surface area contributed by atoms with Gasteiger partial charge in [-0.25, -0.2) is 0 Å². The molecule has 4 aliphatic heterocycles. The molecule has 0 N–H and O–H groups in total. The van der Waals surface area contributed by atoms with E-state index in [9.17, 15) is 9.59 Å². The van der Waals surface area contributed by atoms with E-state index in [2.05, 4.69) is 38.4 Å². The van der Waals surface area contributed by atoms with E-state index in [1.54, 1.807) is 11.3 Å². The van der Waals surface area contributed by atoms with Gasteiger partial charge in [0.1, 0.15) is 16.9 Å². The Labute approximate surface area is 266 Å². The molecular formula is C32H38ClN7O3S. The van der Waals surface area contributed by atoms with Gasteiger partial charge in [0.2, 0.25) is 5.91 Å². The molecule has 1 amide bonds. The van der Waals surface area contributed by atoms with Crippen molar-refractivity contribution in [2.45, 2.75) is 71.1 Å². The maximum Gasteiger partial charge on any atom is 0.320 e. The Bertz CT molecular complexity index is 1620.